The minimum Gasteiger partial charge on any atom is -0.497 e. The van der Waals surface area contributed by atoms with Gasteiger partial charge in [0.2, 0.25) is 5.91 Å². The number of carbonyl (C=O) groups is 1. The molecule has 0 spiro atoms. The first-order valence-electron chi connectivity index (χ1n) is 10.4. The van der Waals surface area contributed by atoms with Crippen molar-refractivity contribution in [1.29, 1.82) is 0 Å². The SMILES string of the molecule is COc1ccc(NC(=O)C(C)n2cnc3scc(-c4ccc(C(C)C)cc4)c3c2=O)cc1. The molecule has 6 nitrogen and oxygen atoms in total. The van der Waals surface area contributed by atoms with Crippen LogP contribution in [0.4, 0.5) is 5.69 Å². The fourth-order valence-electron chi connectivity index (χ4n) is 3.53. The predicted octanol–water partition coefficient (Wildman–Crippen LogP) is 5.46. The van der Waals surface area contributed by atoms with Gasteiger partial charge < -0.3 is 10.1 Å². The lowest BCUT2D eigenvalue weighted by atomic mass is 9.99. The molecule has 0 bridgehead atoms. The van der Waals surface area contributed by atoms with Crippen LogP contribution in [0.2, 0.25) is 0 Å². The summed E-state index contributed by atoms with van der Waals surface area (Å²) in [4.78, 5) is 31.3. The lowest BCUT2D eigenvalue weighted by Crippen LogP contribution is -2.31. The Labute approximate surface area is 190 Å². The zero-order chi connectivity index (χ0) is 22.8. The number of amides is 1. The summed E-state index contributed by atoms with van der Waals surface area (Å²) < 4.78 is 6.53. The third kappa shape index (κ3) is 4.16. The molecule has 2 aromatic heterocycles. The van der Waals surface area contributed by atoms with Crippen molar-refractivity contribution in [3.63, 3.8) is 0 Å². The molecule has 1 unspecified atom stereocenters. The van der Waals surface area contributed by atoms with Gasteiger partial charge in [-0.25, -0.2) is 4.98 Å². The quantitative estimate of drug-likeness (QED) is 0.426. The first-order valence-corrected chi connectivity index (χ1v) is 11.3. The van der Waals surface area contributed by atoms with Crippen LogP contribution in [-0.4, -0.2) is 22.6 Å². The van der Waals surface area contributed by atoms with E-state index >= 15 is 0 Å². The maximum Gasteiger partial charge on any atom is 0.263 e. The molecule has 0 radical (unpaired) electrons. The summed E-state index contributed by atoms with van der Waals surface area (Å²) >= 11 is 1.43. The van der Waals surface area contributed by atoms with Crippen LogP contribution in [0.1, 0.15) is 38.3 Å². The third-order valence-corrected chi connectivity index (χ3v) is 6.45. The molecule has 4 aromatic rings. The maximum atomic E-state index is 13.4. The number of rotatable bonds is 6. The molecule has 32 heavy (non-hydrogen) atoms. The molecule has 4 rings (SSSR count). The van der Waals surface area contributed by atoms with E-state index in [1.807, 2.05) is 17.5 Å². The summed E-state index contributed by atoms with van der Waals surface area (Å²) in [5.41, 5.74) is 3.46. The van der Waals surface area contributed by atoms with Crippen LogP contribution in [0.15, 0.2) is 65.0 Å². The molecule has 1 amide bonds. The monoisotopic (exact) mass is 447 g/mol. The Morgan fingerprint density at radius 1 is 1.06 bits per heavy atom. The fourth-order valence-corrected chi connectivity index (χ4v) is 4.44. The standard InChI is InChI=1S/C25H25N3O3S/c1-15(2)17-5-7-18(8-6-17)21-13-32-24-22(21)25(30)28(14-26-24)16(3)23(29)27-19-9-11-20(31-4)12-10-19/h5-16H,1-4H3,(H,27,29). The number of methoxy groups -OCH3 is 1. The Morgan fingerprint density at radius 3 is 2.38 bits per heavy atom. The second-order valence-electron chi connectivity index (χ2n) is 7.96. The minimum atomic E-state index is -0.724. The van der Waals surface area contributed by atoms with Crippen molar-refractivity contribution in [2.45, 2.75) is 32.7 Å². The number of ether oxygens (including phenoxy) is 1. The zero-order valence-corrected chi connectivity index (χ0v) is 19.3. The number of hydrogen-bond acceptors (Lipinski definition) is 5. The third-order valence-electron chi connectivity index (χ3n) is 5.56. The Kier molecular flexibility index (Phi) is 6.10. The Hall–Kier alpha value is -3.45. The van der Waals surface area contributed by atoms with Crippen LogP contribution in [-0.2, 0) is 4.79 Å². The molecular formula is C25H25N3O3S. The highest BCUT2D eigenvalue weighted by atomic mass is 32.1. The molecule has 0 aliphatic rings. The van der Waals surface area contributed by atoms with Gasteiger partial charge >= 0.3 is 0 Å². The number of hydrogen-bond donors (Lipinski definition) is 1. The first-order chi connectivity index (χ1) is 15.4. The number of anilines is 1. The van der Waals surface area contributed by atoms with Crippen LogP contribution < -0.4 is 15.6 Å². The summed E-state index contributed by atoms with van der Waals surface area (Å²) in [7, 11) is 1.59. The largest absolute Gasteiger partial charge is 0.497 e. The van der Waals surface area contributed by atoms with E-state index < -0.39 is 6.04 Å². The van der Waals surface area contributed by atoms with Crippen LogP contribution >= 0.6 is 11.3 Å². The van der Waals surface area contributed by atoms with Crippen LogP contribution in [0, 0.1) is 0 Å². The van der Waals surface area contributed by atoms with Crippen molar-refractivity contribution in [3.05, 3.63) is 76.2 Å². The van der Waals surface area contributed by atoms with Crippen molar-refractivity contribution in [1.82, 2.24) is 9.55 Å². The van der Waals surface area contributed by atoms with Crippen molar-refractivity contribution in [3.8, 4) is 16.9 Å². The summed E-state index contributed by atoms with van der Waals surface area (Å²) in [6.45, 7) is 5.99. The van der Waals surface area contributed by atoms with Gasteiger partial charge in [-0.3, -0.25) is 14.2 Å². The lowest BCUT2D eigenvalue weighted by molar-refractivity contribution is -0.118. The first kappa shape index (κ1) is 21.8. The van der Waals surface area contributed by atoms with Crippen molar-refractivity contribution < 1.29 is 9.53 Å². The average molecular weight is 448 g/mol. The molecule has 2 heterocycles. The summed E-state index contributed by atoms with van der Waals surface area (Å²) in [6, 6.07) is 14.6. The van der Waals surface area contributed by atoms with Gasteiger partial charge in [-0.1, -0.05) is 38.1 Å². The molecule has 0 saturated heterocycles. The molecule has 0 saturated carbocycles. The fraction of sp³-hybridized carbons (Fsp3) is 0.240. The second-order valence-corrected chi connectivity index (χ2v) is 8.82. The molecule has 2 aromatic carbocycles. The summed E-state index contributed by atoms with van der Waals surface area (Å²) in [5, 5.41) is 5.34. The second kappa shape index (κ2) is 8.96. The van der Waals surface area contributed by atoms with E-state index in [1.165, 1.54) is 27.8 Å². The maximum absolute atomic E-state index is 13.4. The van der Waals surface area contributed by atoms with E-state index in [0.29, 0.717) is 27.6 Å². The molecule has 1 N–H and O–H groups in total. The predicted molar refractivity (Wildman–Crippen MR) is 130 cm³/mol. The van der Waals surface area contributed by atoms with Gasteiger partial charge in [0, 0.05) is 16.6 Å². The molecular weight excluding hydrogens is 422 g/mol. The summed E-state index contributed by atoms with van der Waals surface area (Å²) in [6.07, 6.45) is 1.45. The van der Waals surface area contributed by atoms with E-state index in [2.05, 4.69) is 36.3 Å². The zero-order valence-electron chi connectivity index (χ0n) is 18.5. The van der Waals surface area contributed by atoms with E-state index in [1.54, 1.807) is 38.3 Å². The van der Waals surface area contributed by atoms with Gasteiger partial charge in [-0.05, 0) is 48.2 Å². The Balaban J connectivity index is 1.65. The molecule has 0 aliphatic heterocycles. The van der Waals surface area contributed by atoms with E-state index in [-0.39, 0.29) is 11.5 Å². The number of carbonyl (C=O) groups excluding carboxylic acids is 1. The minimum absolute atomic E-state index is 0.225. The smallest absolute Gasteiger partial charge is 0.263 e. The number of benzene rings is 2. The highest BCUT2D eigenvalue weighted by Crippen LogP contribution is 2.31. The normalized spacial score (nSPS) is 12.2. The van der Waals surface area contributed by atoms with Crippen LogP contribution in [0.5, 0.6) is 5.75 Å². The number of thiophene rings is 1. The van der Waals surface area contributed by atoms with E-state index in [4.69, 9.17) is 4.74 Å². The summed E-state index contributed by atoms with van der Waals surface area (Å²) in [5.74, 6) is 0.844. The highest BCUT2D eigenvalue weighted by Gasteiger charge is 2.20. The molecule has 7 heteroatoms. The number of fused-ring (bicyclic) bond motifs is 1. The van der Waals surface area contributed by atoms with Gasteiger partial charge in [0.05, 0.1) is 18.8 Å². The van der Waals surface area contributed by atoms with Crippen LogP contribution in [0.3, 0.4) is 0 Å². The molecule has 0 fully saturated rings. The molecule has 1 atom stereocenters. The number of nitrogens with zero attached hydrogens (tertiary/aromatic N) is 2. The van der Waals surface area contributed by atoms with E-state index in [0.717, 1.165) is 11.1 Å². The topological polar surface area (TPSA) is 73.2 Å². The number of aromatic nitrogens is 2. The van der Waals surface area contributed by atoms with Crippen molar-refractivity contribution in [2.24, 2.45) is 0 Å². The van der Waals surface area contributed by atoms with Gasteiger partial charge in [0.25, 0.3) is 5.56 Å². The van der Waals surface area contributed by atoms with Crippen molar-refractivity contribution in [2.75, 3.05) is 12.4 Å². The van der Waals surface area contributed by atoms with Crippen LogP contribution in [0.25, 0.3) is 21.3 Å². The molecule has 0 aliphatic carbocycles. The van der Waals surface area contributed by atoms with Gasteiger partial charge in [-0.2, -0.15) is 0 Å². The van der Waals surface area contributed by atoms with E-state index in [9.17, 15) is 9.59 Å². The average Bonchev–Trinajstić information content (AvgIpc) is 3.24. The van der Waals surface area contributed by atoms with Gasteiger partial charge in [-0.15, -0.1) is 11.3 Å². The van der Waals surface area contributed by atoms with Gasteiger partial charge in [0.1, 0.15) is 16.6 Å². The Bertz CT molecular complexity index is 1310. The Morgan fingerprint density at radius 2 is 1.75 bits per heavy atom. The highest BCUT2D eigenvalue weighted by molar-refractivity contribution is 7.17. The number of nitrogens with one attached hydrogen (secondary N) is 1. The molecule has 164 valence electrons. The lowest BCUT2D eigenvalue weighted by Gasteiger charge is -2.15. The van der Waals surface area contributed by atoms with Gasteiger partial charge in [0.15, 0.2) is 0 Å². The van der Waals surface area contributed by atoms with Crippen molar-refractivity contribution >= 4 is 33.1 Å².